The van der Waals surface area contributed by atoms with Crippen molar-refractivity contribution in [2.24, 2.45) is 0 Å². The number of nitrogens with two attached hydrogens (primary N) is 2. The number of rotatable bonds is 1. The van der Waals surface area contributed by atoms with E-state index in [4.69, 9.17) is 34.8 Å². The summed E-state index contributed by atoms with van der Waals surface area (Å²) in [7, 11) is -4.33. The summed E-state index contributed by atoms with van der Waals surface area (Å²) >= 11 is 11.5. The van der Waals surface area contributed by atoms with Gasteiger partial charge >= 0.3 is 5.82 Å². The van der Waals surface area contributed by atoms with Gasteiger partial charge in [-0.1, -0.05) is 29.3 Å². The van der Waals surface area contributed by atoms with Crippen LogP contribution >= 0.6 is 23.2 Å². The molecule has 0 radical (unpaired) electrons. The summed E-state index contributed by atoms with van der Waals surface area (Å²) in [6.45, 7) is 6.92. The highest BCUT2D eigenvalue weighted by Gasteiger charge is 2.13. The zero-order valence-corrected chi connectivity index (χ0v) is 16.1. The monoisotopic (exact) mass is 391 g/mol. The van der Waals surface area contributed by atoms with Crippen LogP contribution in [0.3, 0.4) is 0 Å². The summed E-state index contributed by atoms with van der Waals surface area (Å²) in [4.78, 5) is -0.0851. The molecule has 2 aromatic rings. The highest BCUT2D eigenvalue weighted by molar-refractivity contribution is 7.85. The van der Waals surface area contributed by atoms with Gasteiger partial charge in [-0.2, -0.15) is 0 Å². The van der Waals surface area contributed by atoms with Gasteiger partial charge < -0.3 is 4.55 Å². The molecule has 6 nitrogen and oxygen atoms in total. The lowest BCUT2D eigenvalue weighted by molar-refractivity contribution is -0.621. The Bertz CT molecular complexity index is 835. The molecule has 0 saturated heterocycles. The first-order valence-corrected chi connectivity index (χ1v) is 8.97. The highest BCUT2D eigenvalue weighted by Crippen LogP contribution is 2.21. The van der Waals surface area contributed by atoms with Gasteiger partial charge in [0.15, 0.2) is 0 Å². The van der Waals surface area contributed by atoms with Crippen LogP contribution in [0.5, 0.6) is 0 Å². The van der Waals surface area contributed by atoms with Crippen molar-refractivity contribution in [3.63, 3.8) is 0 Å². The first-order chi connectivity index (χ1) is 10.9. The van der Waals surface area contributed by atoms with Crippen LogP contribution < -0.4 is 16.3 Å². The second-order valence-electron chi connectivity index (χ2n) is 5.40. The fourth-order valence-corrected chi connectivity index (χ4v) is 3.60. The van der Waals surface area contributed by atoms with Crippen molar-refractivity contribution in [2.45, 2.75) is 32.6 Å². The molecule has 0 saturated carbocycles. The van der Waals surface area contributed by atoms with Gasteiger partial charge in [-0.05, 0) is 56.5 Å². The fourth-order valence-electron chi connectivity index (χ4n) is 2.30. The molecule has 24 heavy (non-hydrogen) atoms. The van der Waals surface area contributed by atoms with Crippen molar-refractivity contribution in [1.82, 2.24) is 0 Å². The Morgan fingerprint density at radius 3 is 1.88 bits per heavy atom. The zero-order chi connectivity index (χ0) is 18.8. The van der Waals surface area contributed by atoms with Crippen LogP contribution in [0.2, 0.25) is 10.2 Å². The largest absolute Gasteiger partial charge is 0.744 e. The van der Waals surface area contributed by atoms with E-state index in [2.05, 4.69) is 0 Å². The summed E-state index contributed by atoms with van der Waals surface area (Å²) in [5, 5.41) is 0.807. The van der Waals surface area contributed by atoms with E-state index in [0.717, 1.165) is 15.8 Å². The fraction of sp³-hybridized carbons (Fsp3) is 0.267. The Balaban J connectivity index is 0.000000243. The molecule has 9 heteroatoms. The van der Waals surface area contributed by atoms with Gasteiger partial charge in [-0.25, -0.2) is 8.42 Å². The average molecular weight is 392 g/mol. The summed E-state index contributed by atoms with van der Waals surface area (Å²) in [6.07, 6.45) is 0. The Kier molecular flexibility index (Phi) is 6.46. The van der Waals surface area contributed by atoms with Crippen LogP contribution in [0.1, 0.15) is 22.3 Å². The van der Waals surface area contributed by atoms with Crippen LogP contribution in [0.25, 0.3) is 0 Å². The number of nitrogens with zero attached hydrogens (tertiary/aromatic N) is 1. The van der Waals surface area contributed by atoms with Crippen molar-refractivity contribution in [2.75, 3.05) is 11.6 Å². The molecule has 0 aliphatic carbocycles. The summed E-state index contributed by atoms with van der Waals surface area (Å²) in [5.74, 6) is 5.72. The molecule has 1 heterocycles. The number of benzene rings is 1. The minimum absolute atomic E-state index is 0.0851. The Morgan fingerprint density at radius 1 is 1.00 bits per heavy atom. The molecular formula is C15H19Cl2N3O3S. The number of aromatic nitrogens is 1. The first kappa shape index (κ1) is 20.5. The highest BCUT2D eigenvalue weighted by atomic mass is 35.5. The van der Waals surface area contributed by atoms with Crippen LogP contribution in [0.15, 0.2) is 23.1 Å². The number of hydrogen-bond acceptors (Lipinski definition) is 5. The van der Waals surface area contributed by atoms with E-state index < -0.39 is 10.1 Å². The van der Waals surface area contributed by atoms with E-state index >= 15 is 0 Å². The predicted molar refractivity (Wildman–Crippen MR) is 94.6 cm³/mol. The van der Waals surface area contributed by atoms with Gasteiger partial charge in [0.2, 0.25) is 5.15 Å². The third-order valence-electron chi connectivity index (χ3n) is 3.24. The van der Waals surface area contributed by atoms with Crippen molar-refractivity contribution in [3.8, 4) is 0 Å². The van der Waals surface area contributed by atoms with E-state index in [0.29, 0.717) is 21.3 Å². The third kappa shape index (κ3) is 4.73. The molecule has 4 N–H and O–H groups in total. The van der Waals surface area contributed by atoms with Gasteiger partial charge in [0.25, 0.3) is 0 Å². The number of halogens is 2. The molecule has 0 unspecified atom stereocenters. The van der Waals surface area contributed by atoms with E-state index in [1.165, 1.54) is 0 Å². The maximum atomic E-state index is 10.8. The second kappa shape index (κ2) is 7.57. The summed E-state index contributed by atoms with van der Waals surface area (Å²) in [5.41, 5.74) is 8.27. The number of aryl methyl sites for hydroxylation is 4. The molecule has 132 valence electrons. The van der Waals surface area contributed by atoms with Crippen LogP contribution in [-0.2, 0) is 10.1 Å². The zero-order valence-electron chi connectivity index (χ0n) is 13.7. The summed E-state index contributed by atoms with van der Waals surface area (Å²) in [6, 6.07) is 5.05. The molecule has 2 rings (SSSR count). The van der Waals surface area contributed by atoms with Crippen LogP contribution in [-0.4, -0.2) is 13.0 Å². The van der Waals surface area contributed by atoms with Crippen LogP contribution in [0.4, 0.5) is 5.82 Å². The average Bonchev–Trinajstić information content (AvgIpc) is 2.41. The molecule has 0 atom stereocenters. The molecule has 0 amide bonds. The molecule has 0 aliphatic rings. The number of nitrogen functional groups attached to an aromatic ring is 2. The molecule has 0 bridgehead atoms. The van der Waals surface area contributed by atoms with Gasteiger partial charge in [-0.3, -0.25) is 11.6 Å². The maximum Gasteiger partial charge on any atom is 0.315 e. The van der Waals surface area contributed by atoms with Gasteiger partial charge in [0.1, 0.15) is 15.1 Å². The SMILES string of the molecule is Cc1cc(C)c(S(=O)(=O)[O-])c(C)c1.Cc1cc(Cl)c(N)[n+](N)c1Cl. The van der Waals surface area contributed by atoms with Crippen molar-refractivity contribution in [3.05, 3.63) is 50.6 Å². The topological polar surface area (TPSA) is 113 Å². The number of anilines is 1. The van der Waals surface area contributed by atoms with Crippen molar-refractivity contribution in [1.29, 1.82) is 0 Å². The summed E-state index contributed by atoms with van der Waals surface area (Å²) < 4.78 is 33.6. The van der Waals surface area contributed by atoms with Gasteiger partial charge in [-0.15, -0.1) is 4.68 Å². The van der Waals surface area contributed by atoms with E-state index in [-0.39, 0.29) is 10.7 Å². The standard InChI is InChI=1S/C9H12O3S.C6H7Cl2N3/c1-6-4-7(2)9(8(3)5-6)13(10,11)12;1-3-2-4(7)6(9)11(10)5(3)8/h4-5H,1-3H3,(H,10,11,12);2,9H,10H2,1H3. The van der Waals surface area contributed by atoms with Crippen molar-refractivity contribution >= 4 is 39.1 Å². The molecule has 0 fully saturated rings. The van der Waals surface area contributed by atoms with E-state index in [1.807, 2.05) is 6.92 Å². The lowest BCUT2D eigenvalue weighted by Gasteiger charge is -2.14. The Labute approximate surface area is 151 Å². The van der Waals surface area contributed by atoms with Crippen molar-refractivity contribution < 1.29 is 17.6 Å². The van der Waals surface area contributed by atoms with Gasteiger partial charge in [0, 0.05) is 5.56 Å². The molecule has 1 aromatic carbocycles. The normalized spacial score (nSPS) is 11.0. The second-order valence-corrected chi connectivity index (χ2v) is 7.49. The lowest BCUT2D eigenvalue weighted by atomic mass is 10.1. The quantitative estimate of drug-likeness (QED) is 0.335. The molecule has 0 aliphatic heterocycles. The van der Waals surface area contributed by atoms with E-state index in [1.54, 1.807) is 39.0 Å². The van der Waals surface area contributed by atoms with E-state index in [9.17, 15) is 13.0 Å². The molecular weight excluding hydrogens is 373 g/mol. The molecule has 1 aromatic heterocycles. The molecule has 0 spiro atoms. The minimum atomic E-state index is -4.33. The lowest BCUT2D eigenvalue weighted by Crippen LogP contribution is -2.48. The van der Waals surface area contributed by atoms with Crippen LogP contribution in [0, 0.1) is 27.7 Å². The predicted octanol–water partition coefficient (Wildman–Crippen LogP) is 2.40. The maximum absolute atomic E-state index is 10.8. The first-order valence-electron chi connectivity index (χ1n) is 6.81. The minimum Gasteiger partial charge on any atom is -0.744 e. The smallest absolute Gasteiger partial charge is 0.315 e. The Hall–Kier alpha value is -1.54. The number of hydrogen-bond donors (Lipinski definition) is 2. The third-order valence-corrected chi connectivity index (χ3v) is 5.17. The number of pyridine rings is 1. The Morgan fingerprint density at radius 2 is 1.46 bits per heavy atom. The van der Waals surface area contributed by atoms with Gasteiger partial charge in [0.05, 0.1) is 4.90 Å².